The van der Waals surface area contributed by atoms with Gasteiger partial charge in [0, 0.05) is 30.5 Å². The summed E-state index contributed by atoms with van der Waals surface area (Å²) in [6.07, 6.45) is -3.48. The molecule has 1 N–H and O–H groups in total. The molecule has 2 aromatic rings. The van der Waals surface area contributed by atoms with Crippen molar-refractivity contribution in [3.8, 4) is 0 Å². The van der Waals surface area contributed by atoms with Crippen LogP contribution in [0.3, 0.4) is 0 Å². The fourth-order valence-electron chi connectivity index (χ4n) is 2.97. The molecule has 0 saturated carbocycles. The summed E-state index contributed by atoms with van der Waals surface area (Å²) >= 11 is 0. The van der Waals surface area contributed by atoms with E-state index in [2.05, 4.69) is 24.9 Å². The molecular weight excluding hydrogens is 401 g/mol. The van der Waals surface area contributed by atoms with Crippen molar-refractivity contribution in [1.82, 2.24) is 14.9 Å². The molecule has 2 aliphatic rings. The summed E-state index contributed by atoms with van der Waals surface area (Å²) in [4.78, 5) is 18.5. The highest BCUT2D eigenvalue weighted by Gasteiger charge is 2.58. The zero-order chi connectivity index (χ0) is 22.0. The first-order valence-electron chi connectivity index (χ1n) is 9.32. The third-order valence-electron chi connectivity index (χ3n) is 4.43. The van der Waals surface area contributed by atoms with E-state index < -0.39 is 12.0 Å². The van der Waals surface area contributed by atoms with Gasteiger partial charge >= 0.3 is 6.18 Å². The van der Waals surface area contributed by atoms with Crippen LogP contribution in [0.15, 0.2) is 36.5 Å². The number of halogens is 3. The van der Waals surface area contributed by atoms with Crippen LogP contribution in [0.4, 0.5) is 24.7 Å². The first-order chi connectivity index (χ1) is 14.0. The number of rotatable bonds is 4. The van der Waals surface area contributed by atoms with E-state index in [1.54, 1.807) is 12.1 Å². The summed E-state index contributed by atoms with van der Waals surface area (Å²) < 4.78 is 48.1. The predicted molar refractivity (Wildman–Crippen MR) is 103 cm³/mol. The molecule has 0 spiro atoms. The largest absolute Gasteiger partial charge is 0.462 e. The van der Waals surface area contributed by atoms with Gasteiger partial charge in [-0.15, -0.1) is 0 Å². The van der Waals surface area contributed by atoms with Crippen molar-refractivity contribution in [3.05, 3.63) is 47.9 Å². The van der Waals surface area contributed by atoms with Crippen LogP contribution in [-0.2, 0) is 26.2 Å². The molecule has 1 aromatic heterocycles. The fraction of sp³-hybridized carbons (Fsp3) is 0.450. The number of hydrogen-bond donors (Lipinski definition) is 1. The lowest BCUT2D eigenvalue weighted by Crippen LogP contribution is -2.17. The molecule has 7 nitrogen and oxygen atoms in total. The van der Waals surface area contributed by atoms with Gasteiger partial charge in [-0.1, -0.05) is 12.1 Å². The minimum Gasteiger partial charge on any atom is -0.462 e. The summed E-state index contributed by atoms with van der Waals surface area (Å²) in [6, 6.07) is 8.83. The number of carbonyl (C=O) groups is 1. The van der Waals surface area contributed by atoms with E-state index >= 15 is 0 Å². The Labute approximate surface area is 172 Å². The van der Waals surface area contributed by atoms with E-state index in [0.29, 0.717) is 12.2 Å². The average molecular weight is 424 g/mol. The van der Waals surface area contributed by atoms with Crippen LogP contribution >= 0.6 is 0 Å². The van der Waals surface area contributed by atoms with Crippen molar-refractivity contribution >= 4 is 18.0 Å². The molecule has 2 saturated heterocycles. The van der Waals surface area contributed by atoms with Gasteiger partial charge in [-0.25, -0.2) is 9.97 Å². The lowest BCUT2D eigenvalue weighted by atomic mass is 10.1. The number of benzene rings is 1. The summed E-state index contributed by atoms with van der Waals surface area (Å²) in [6.45, 7) is 8.47. The number of carbonyl (C=O) groups excluding carboxylic acids is 1. The van der Waals surface area contributed by atoms with Gasteiger partial charge in [0.25, 0.3) is 6.47 Å². The van der Waals surface area contributed by atoms with Gasteiger partial charge < -0.3 is 14.8 Å². The number of anilines is 2. The highest BCUT2D eigenvalue weighted by Crippen LogP contribution is 2.47. The number of aromatic nitrogens is 2. The molecule has 10 heteroatoms. The van der Waals surface area contributed by atoms with Gasteiger partial charge in [-0.05, 0) is 39.0 Å². The van der Waals surface area contributed by atoms with E-state index in [4.69, 9.17) is 4.74 Å². The Kier molecular flexibility index (Phi) is 6.00. The molecule has 30 heavy (non-hydrogen) atoms. The summed E-state index contributed by atoms with van der Waals surface area (Å²) in [5, 5.41) is 2.85. The van der Waals surface area contributed by atoms with Crippen LogP contribution in [0.5, 0.6) is 0 Å². The zero-order valence-corrected chi connectivity index (χ0v) is 16.9. The second kappa shape index (κ2) is 8.19. The molecule has 0 aliphatic carbocycles. The van der Waals surface area contributed by atoms with Crippen LogP contribution < -0.4 is 5.32 Å². The molecular formula is C20H23F3N4O3. The van der Waals surface area contributed by atoms with Crippen molar-refractivity contribution in [2.24, 2.45) is 0 Å². The molecule has 3 heterocycles. The molecule has 0 radical (unpaired) electrons. The SMILES string of the molecule is CC(C)(C)OC=O.FC(F)(F)c1nccc(Nc2ccc(C34CN3CCO4)cc2)n1. The highest BCUT2D eigenvalue weighted by atomic mass is 19.4. The Morgan fingerprint density at radius 1 is 1.20 bits per heavy atom. The van der Waals surface area contributed by atoms with Crippen LogP contribution in [0.1, 0.15) is 32.2 Å². The second-order valence-corrected chi connectivity index (χ2v) is 7.85. The van der Waals surface area contributed by atoms with Crippen molar-refractivity contribution in [3.63, 3.8) is 0 Å². The summed E-state index contributed by atoms with van der Waals surface area (Å²) in [5.41, 5.74) is 1.11. The number of nitrogens with one attached hydrogen (secondary N) is 1. The van der Waals surface area contributed by atoms with Gasteiger partial charge in [-0.3, -0.25) is 9.69 Å². The second-order valence-electron chi connectivity index (χ2n) is 7.85. The van der Waals surface area contributed by atoms with Gasteiger partial charge in [0.15, 0.2) is 5.72 Å². The number of hydrogen-bond acceptors (Lipinski definition) is 7. The average Bonchev–Trinajstić information content (AvgIpc) is 3.22. The number of ether oxygens (including phenoxy) is 2. The first-order valence-corrected chi connectivity index (χ1v) is 9.32. The molecule has 2 aliphatic heterocycles. The topological polar surface area (TPSA) is 76.3 Å². The van der Waals surface area contributed by atoms with Gasteiger partial charge in [0.05, 0.1) is 6.61 Å². The Hall–Kier alpha value is -2.72. The van der Waals surface area contributed by atoms with E-state index in [9.17, 15) is 18.0 Å². The molecule has 2 fully saturated rings. The maximum absolute atomic E-state index is 12.6. The summed E-state index contributed by atoms with van der Waals surface area (Å²) in [5.74, 6) is -1.06. The van der Waals surface area contributed by atoms with Gasteiger partial charge in [0.2, 0.25) is 5.82 Å². The maximum Gasteiger partial charge on any atom is 0.451 e. The predicted octanol–water partition coefficient (Wildman–Crippen LogP) is 3.70. The molecule has 2 unspecified atom stereocenters. The van der Waals surface area contributed by atoms with Gasteiger partial charge in [0.1, 0.15) is 11.4 Å². The van der Waals surface area contributed by atoms with Crippen molar-refractivity contribution in [1.29, 1.82) is 0 Å². The molecule has 2 atom stereocenters. The fourth-order valence-corrected chi connectivity index (χ4v) is 2.97. The minimum absolute atomic E-state index is 0.100. The molecule has 0 bridgehead atoms. The van der Waals surface area contributed by atoms with E-state index in [0.717, 1.165) is 31.5 Å². The third kappa shape index (κ3) is 5.25. The number of morpholine rings is 1. The van der Waals surface area contributed by atoms with Crippen LogP contribution in [-0.4, -0.2) is 46.6 Å². The quantitative estimate of drug-likeness (QED) is 0.593. The molecule has 1 aromatic carbocycles. The van der Waals surface area contributed by atoms with E-state index in [1.165, 1.54) is 6.07 Å². The van der Waals surface area contributed by atoms with Crippen LogP contribution in [0, 0.1) is 0 Å². The standard InChI is InChI=1S/C15H13F3N4O.C5H10O2/c16-15(17,18)13-19-6-5-12(21-13)20-11-3-1-10(2-4-11)14-9-22(14)7-8-23-14;1-5(2,3)7-4-6/h1-6H,7-9H2,(H,19,20,21);4H,1-3H3. The monoisotopic (exact) mass is 424 g/mol. The number of fused-ring (bicyclic) bond motifs is 1. The molecule has 4 rings (SSSR count). The Morgan fingerprint density at radius 2 is 1.90 bits per heavy atom. The highest BCUT2D eigenvalue weighted by molar-refractivity contribution is 5.56. The Morgan fingerprint density at radius 3 is 2.37 bits per heavy atom. The first kappa shape index (κ1) is 22.0. The smallest absolute Gasteiger partial charge is 0.451 e. The lowest BCUT2D eigenvalue weighted by molar-refractivity contribution is -0.145. The minimum atomic E-state index is -4.56. The number of nitrogens with zero attached hydrogens (tertiary/aromatic N) is 3. The lowest BCUT2D eigenvalue weighted by Gasteiger charge is -2.14. The number of alkyl halides is 3. The Bertz CT molecular complexity index is 884. The maximum atomic E-state index is 12.6. The third-order valence-corrected chi connectivity index (χ3v) is 4.43. The zero-order valence-electron chi connectivity index (χ0n) is 16.9. The molecule has 162 valence electrons. The van der Waals surface area contributed by atoms with Crippen molar-refractivity contribution in [2.75, 3.05) is 25.0 Å². The van der Waals surface area contributed by atoms with Crippen molar-refractivity contribution in [2.45, 2.75) is 38.3 Å². The van der Waals surface area contributed by atoms with Gasteiger partial charge in [-0.2, -0.15) is 13.2 Å². The molecule has 0 amide bonds. The summed E-state index contributed by atoms with van der Waals surface area (Å²) in [7, 11) is 0. The van der Waals surface area contributed by atoms with E-state index in [1.807, 2.05) is 32.9 Å². The van der Waals surface area contributed by atoms with Crippen LogP contribution in [0.2, 0.25) is 0 Å². The Balaban J connectivity index is 0.000000318. The normalized spacial score (nSPS) is 22.4. The van der Waals surface area contributed by atoms with Crippen LogP contribution in [0.25, 0.3) is 0 Å². The van der Waals surface area contributed by atoms with Crippen molar-refractivity contribution < 1.29 is 27.4 Å². The van der Waals surface area contributed by atoms with E-state index in [-0.39, 0.29) is 17.1 Å².